The Morgan fingerprint density at radius 3 is 1.09 bits per heavy atom. The summed E-state index contributed by atoms with van der Waals surface area (Å²) in [6.45, 7) is 0. The first-order valence-corrected chi connectivity index (χ1v) is 10.5. The van der Waals surface area contributed by atoms with Crippen molar-refractivity contribution in [3.05, 3.63) is 0 Å². The molecule has 0 amide bonds. The normalized spacial score (nSPS) is 67.9. The van der Waals surface area contributed by atoms with Gasteiger partial charge in [-0.1, -0.05) is 0 Å². The summed E-state index contributed by atoms with van der Waals surface area (Å²) in [5, 5.41) is 0. The fourth-order valence-electron chi connectivity index (χ4n) is 9.54. The monoisotopic (exact) mass is 338 g/mol. The van der Waals surface area contributed by atoms with Crippen LogP contribution < -0.4 is 0 Å². The van der Waals surface area contributed by atoms with E-state index in [1.165, 1.54) is 77.0 Å². The third-order valence-electron chi connectivity index (χ3n) is 9.10. The lowest BCUT2D eigenvalue weighted by Crippen LogP contribution is -2.65. The van der Waals surface area contributed by atoms with Gasteiger partial charge >= 0.3 is 0 Å². The largest absolute Gasteiger partial charge is 0.119 e. The van der Waals surface area contributed by atoms with Crippen molar-refractivity contribution in [1.82, 2.24) is 0 Å². The molecule has 0 heterocycles. The van der Waals surface area contributed by atoms with E-state index < -0.39 is 0 Å². The second-order valence-corrected chi connectivity index (χ2v) is 12.4. The molecule has 4 atom stereocenters. The first-order chi connectivity index (χ1) is 10.4. The Kier molecular flexibility index (Phi) is 2.43. The summed E-state index contributed by atoms with van der Waals surface area (Å²) in [7, 11) is 0. The summed E-state index contributed by atoms with van der Waals surface area (Å²) in [6, 6.07) is 0. The van der Waals surface area contributed by atoms with E-state index in [1.807, 2.05) is 0 Å². The van der Waals surface area contributed by atoms with Crippen LogP contribution in [0.15, 0.2) is 0 Å². The van der Waals surface area contributed by atoms with Gasteiger partial charge in [-0.05, 0) is 112 Å². The maximum atomic E-state index is 7.16. The second-order valence-electron chi connectivity index (χ2n) is 10.8. The number of halogens is 2. The SMILES string of the molecule is ClC12CC3CC(C1)CC(C14CC5CC(CC(Cl)(C5)C1)C4)(C3)C2. The van der Waals surface area contributed by atoms with E-state index in [2.05, 4.69) is 0 Å². The maximum Gasteiger partial charge on any atom is 0.0457 e. The van der Waals surface area contributed by atoms with Crippen molar-refractivity contribution < 1.29 is 0 Å². The summed E-state index contributed by atoms with van der Waals surface area (Å²) in [6.07, 6.45) is 17.0. The number of hydrogen-bond donors (Lipinski definition) is 0. The molecule has 8 rings (SSSR count). The number of rotatable bonds is 1. The molecule has 0 aromatic heterocycles. The summed E-state index contributed by atoms with van der Waals surface area (Å²) in [5.74, 6) is 3.77. The van der Waals surface area contributed by atoms with Crippen LogP contribution in [-0.2, 0) is 0 Å². The van der Waals surface area contributed by atoms with E-state index in [9.17, 15) is 0 Å². The van der Waals surface area contributed by atoms with Crippen molar-refractivity contribution in [2.45, 2.75) is 86.8 Å². The zero-order valence-corrected chi connectivity index (χ0v) is 15.1. The highest BCUT2D eigenvalue weighted by atomic mass is 35.5. The molecule has 8 bridgehead atoms. The Morgan fingerprint density at radius 1 is 0.500 bits per heavy atom. The van der Waals surface area contributed by atoms with Crippen LogP contribution in [0.4, 0.5) is 0 Å². The Labute approximate surface area is 144 Å². The van der Waals surface area contributed by atoms with Gasteiger partial charge in [-0.25, -0.2) is 0 Å². The van der Waals surface area contributed by atoms with Crippen LogP contribution >= 0.6 is 23.2 Å². The smallest absolute Gasteiger partial charge is 0.0457 e. The van der Waals surface area contributed by atoms with Gasteiger partial charge in [0.05, 0.1) is 0 Å². The Morgan fingerprint density at radius 2 is 0.818 bits per heavy atom. The van der Waals surface area contributed by atoms with Crippen LogP contribution in [0, 0.1) is 34.5 Å². The quantitative estimate of drug-likeness (QED) is 0.503. The molecule has 0 aliphatic heterocycles. The topological polar surface area (TPSA) is 0 Å². The fourth-order valence-corrected chi connectivity index (χ4v) is 10.9. The summed E-state index contributed by atoms with van der Waals surface area (Å²) in [4.78, 5) is 0.347. The molecule has 8 saturated carbocycles. The predicted octanol–water partition coefficient (Wildman–Crippen LogP) is 6.14. The molecule has 0 saturated heterocycles. The molecule has 0 nitrogen and oxygen atoms in total. The molecule has 0 N–H and O–H groups in total. The van der Waals surface area contributed by atoms with Crippen molar-refractivity contribution in [1.29, 1.82) is 0 Å². The van der Waals surface area contributed by atoms with Crippen LogP contribution in [0.5, 0.6) is 0 Å². The van der Waals surface area contributed by atoms with Gasteiger partial charge in [0.25, 0.3) is 0 Å². The summed E-state index contributed by atoms with van der Waals surface area (Å²) < 4.78 is 0. The van der Waals surface area contributed by atoms with Gasteiger partial charge in [-0.2, -0.15) is 0 Å². The van der Waals surface area contributed by atoms with Gasteiger partial charge in [-0.3, -0.25) is 0 Å². The lowest BCUT2D eigenvalue weighted by molar-refractivity contribution is -0.189. The van der Waals surface area contributed by atoms with E-state index in [1.54, 1.807) is 0 Å². The molecular weight excluding hydrogens is 311 g/mol. The third-order valence-corrected chi connectivity index (χ3v) is 9.99. The molecule has 8 fully saturated rings. The number of hydrogen-bond acceptors (Lipinski definition) is 0. The van der Waals surface area contributed by atoms with Crippen LogP contribution in [0.2, 0.25) is 0 Å². The maximum absolute atomic E-state index is 7.16. The standard InChI is InChI=1S/C20H28Cl2/c21-19-7-13-1-14(8-19)4-17(3-13,11-19)18-5-15-2-16(6-18)10-20(22,9-15)12-18/h13-16H,1-12H2. The van der Waals surface area contributed by atoms with Crippen molar-refractivity contribution in [3.63, 3.8) is 0 Å². The van der Waals surface area contributed by atoms with Crippen LogP contribution in [0.3, 0.4) is 0 Å². The molecule has 0 aromatic carbocycles. The Hall–Kier alpha value is 0.580. The minimum Gasteiger partial charge on any atom is -0.119 e. The predicted molar refractivity (Wildman–Crippen MR) is 91.4 cm³/mol. The van der Waals surface area contributed by atoms with Crippen LogP contribution in [-0.4, -0.2) is 9.75 Å². The molecule has 8 aliphatic carbocycles. The van der Waals surface area contributed by atoms with Crippen LogP contribution in [0.25, 0.3) is 0 Å². The fraction of sp³-hybridized carbons (Fsp3) is 1.00. The number of alkyl halides is 2. The molecule has 0 spiro atoms. The van der Waals surface area contributed by atoms with Gasteiger partial charge in [-0.15, -0.1) is 23.2 Å². The average molecular weight is 339 g/mol. The molecule has 4 unspecified atom stereocenters. The highest BCUT2D eigenvalue weighted by Gasteiger charge is 2.69. The molecule has 0 radical (unpaired) electrons. The molecular formula is C20H28Cl2. The molecule has 8 aliphatic rings. The third kappa shape index (κ3) is 1.63. The summed E-state index contributed by atoms with van der Waals surface area (Å²) >= 11 is 14.3. The second kappa shape index (κ2) is 3.87. The molecule has 2 heteroatoms. The summed E-state index contributed by atoms with van der Waals surface area (Å²) in [5.41, 5.74) is 1.16. The molecule has 0 aromatic rings. The molecule has 22 heavy (non-hydrogen) atoms. The van der Waals surface area contributed by atoms with Crippen molar-refractivity contribution in [2.75, 3.05) is 0 Å². The lowest BCUT2D eigenvalue weighted by atomic mass is 9.35. The van der Waals surface area contributed by atoms with E-state index in [0.717, 1.165) is 23.7 Å². The first kappa shape index (κ1) is 13.8. The van der Waals surface area contributed by atoms with Gasteiger partial charge in [0.1, 0.15) is 0 Å². The van der Waals surface area contributed by atoms with Crippen molar-refractivity contribution >= 4 is 23.2 Å². The molecule has 122 valence electrons. The van der Waals surface area contributed by atoms with E-state index in [4.69, 9.17) is 23.2 Å². The highest BCUT2D eigenvalue weighted by molar-refractivity contribution is 6.24. The Balaban J connectivity index is 1.46. The van der Waals surface area contributed by atoms with Gasteiger partial charge in [0, 0.05) is 9.75 Å². The Bertz CT molecular complexity index is 462. The minimum absolute atomic E-state index is 0.174. The highest BCUT2D eigenvalue weighted by Crippen LogP contribution is 2.77. The van der Waals surface area contributed by atoms with Gasteiger partial charge in [0.15, 0.2) is 0 Å². The minimum atomic E-state index is 0.174. The van der Waals surface area contributed by atoms with Crippen molar-refractivity contribution in [3.8, 4) is 0 Å². The zero-order valence-electron chi connectivity index (χ0n) is 13.6. The van der Waals surface area contributed by atoms with E-state index in [0.29, 0.717) is 10.8 Å². The zero-order chi connectivity index (χ0) is 14.8. The van der Waals surface area contributed by atoms with E-state index >= 15 is 0 Å². The van der Waals surface area contributed by atoms with E-state index in [-0.39, 0.29) is 9.75 Å². The first-order valence-electron chi connectivity index (χ1n) is 9.77. The van der Waals surface area contributed by atoms with Gasteiger partial charge < -0.3 is 0 Å². The average Bonchev–Trinajstić information content (AvgIpc) is 2.31. The van der Waals surface area contributed by atoms with Crippen LogP contribution in [0.1, 0.15) is 77.0 Å². The van der Waals surface area contributed by atoms with Crippen molar-refractivity contribution in [2.24, 2.45) is 34.5 Å². The lowest BCUT2D eigenvalue weighted by Gasteiger charge is -2.72. The van der Waals surface area contributed by atoms with Gasteiger partial charge in [0.2, 0.25) is 0 Å².